The van der Waals surface area contributed by atoms with Gasteiger partial charge in [0.05, 0.1) is 18.3 Å². The van der Waals surface area contributed by atoms with Crippen molar-refractivity contribution in [2.75, 3.05) is 19.3 Å². The summed E-state index contributed by atoms with van der Waals surface area (Å²) in [7, 11) is -3.06. The molecule has 0 saturated heterocycles. The third-order valence-electron chi connectivity index (χ3n) is 3.35. The number of terminal acetylenes is 1. The molecule has 18 heavy (non-hydrogen) atoms. The number of nitrogens with zero attached hydrogens (tertiary/aromatic N) is 1. The topological polar surface area (TPSA) is 74.7 Å². The van der Waals surface area contributed by atoms with Gasteiger partial charge in [-0.3, -0.25) is 9.69 Å². The summed E-state index contributed by atoms with van der Waals surface area (Å²) in [5.74, 6) is 1.50. The molecule has 1 saturated carbocycles. The van der Waals surface area contributed by atoms with Crippen molar-refractivity contribution in [1.29, 1.82) is 0 Å². The third-order valence-corrected chi connectivity index (χ3v) is 4.99. The van der Waals surface area contributed by atoms with Gasteiger partial charge < -0.3 is 5.11 Å². The lowest BCUT2D eigenvalue weighted by atomic mass is 9.93. The number of carbonyl (C=O) groups is 1. The lowest BCUT2D eigenvalue weighted by molar-refractivity contribution is -0.138. The molecule has 2 atom stereocenters. The van der Waals surface area contributed by atoms with Crippen molar-refractivity contribution < 1.29 is 18.3 Å². The molecule has 0 bridgehead atoms. The molecule has 0 aromatic carbocycles. The summed E-state index contributed by atoms with van der Waals surface area (Å²) in [6, 6.07) is -0.0503. The minimum atomic E-state index is -3.06. The molecule has 0 aromatic heterocycles. The Balaban J connectivity index is 2.74. The summed E-state index contributed by atoms with van der Waals surface area (Å²) in [5.41, 5.74) is 0. The highest BCUT2D eigenvalue weighted by atomic mass is 32.2. The Morgan fingerprint density at radius 3 is 2.67 bits per heavy atom. The molecule has 6 heteroatoms. The Kier molecular flexibility index (Phi) is 5.17. The lowest BCUT2D eigenvalue weighted by Gasteiger charge is -2.35. The fourth-order valence-corrected chi connectivity index (χ4v) is 3.61. The molecular formula is C12H19NO4S. The van der Waals surface area contributed by atoms with E-state index in [-0.39, 0.29) is 24.4 Å². The molecule has 5 nitrogen and oxygen atoms in total. The molecule has 0 aliphatic heterocycles. The maximum Gasteiger partial charge on any atom is 0.317 e. The molecule has 1 aliphatic carbocycles. The zero-order valence-corrected chi connectivity index (χ0v) is 11.3. The number of aliphatic carboxylic acids is 1. The largest absolute Gasteiger partial charge is 0.480 e. The van der Waals surface area contributed by atoms with E-state index in [1.54, 1.807) is 4.90 Å². The first-order valence-corrected chi connectivity index (χ1v) is 7.88. The van der Waals surface area contributed by atoms with E-state index in [0.717, 1.165) is 12.8 Å². The van der Waals surface area contributed by atoms with Crippen molar-refractivity contribution in [3.63, 3.8) is 0 Å². The zero-order valence-electron chi connectivity index (χ0n) is 10.5. The number of sulfone groups is 1. The quantitative estimate of drug-likeness (QED) is 0.732. The van der Waals surface area contributed by atoms with Crippen molar-refractivity contribution in [3.8, 4) is 12.3 Å². The normalized spacial score (nSPS) is 24.7. The minimum Gasteiger partial charge on any atom is -0.480 e. The van der Waals surface area contributed by atoms with Gasteiger partial charge >= 0.3 is 5.97 Å². The highest BCUT2D eigenvalue weighted by molar-refractivity contribution is 7.91. The SMILES string of the molecule is C#CCN(CC(=O)O)C1CCCC(S(C)(=O)=O)C1. The smallest absolute Gasteiger partial charge is 0.317 e. The molecular weight excluding hydrogens is 254 g/mol. The van der Waals surface area contributed by atoms with E-state index >= 15 is 0 Å². The molecule has 1 N–H and O–H groups in total. The van der Waals surface area contributed by atoms with Crippen LogP contribution >= 0.6 is 0 Å². The first-order chi connectivity index (χ1) is 8.34. The van der Waals surface area contributed by atoms with Gasteiger partial charge in [0, 0.05) is 12.3 Å². The summed E-state index contributed by atoms with van der Waals surface area (Å²) in [6.45, 7) is 0.110. The fraction of sp³-hybridized carbons (Fsp3) is 0.750. The number of hydrogen-bond acceptors (Lipinski definition) is 4. The second kappa shape index (κ2) is 6.21. The minimum absolute atomic E-state index is 0.0503. The number of carboxylic acids is 1. The van der Waals surface area contributed by atoms with Crippen molar-refractivity contribution >= 4 is 15.8 Å². The van der Waals surface area contributed by atoms with E-state index in [4.69, 9.17) is 11.5 Å². The van der Waals surface area contributed by atoms with Crippen molar-refractivity contribution in [2.24, 2.45) is 0 Å². The first-order valence-electron chi connectivity index (χ1n) is 5.92. The fourth-order valence-electron chi connectivity index (χ4n) is 2.45. The summed E-state index contributed by atoms with van der Waals surface area (Å²) in [5, 5.41) is 8.47. The second-order valence-electron chi connectivity index (χ2n) is 4.77. The van der Waals surface area contributed by atoms with Crippen LogP contribution in [0.15, 0.2) is 0 Å². The summed E-state index contributed by atoms with van der Waals surface area (Å²) < 4.78 is 23.1. The van der Waals surface area contributed by atoms with E-state index in [2.05, 4.69) is 5.92 Å². The van der Waals surface area contributed by atoms with Crippen LogP contribution in [0.3, 0.4) is 0 Å². The zero-order chi connectivity index (χ0) is 13.8. The molecule has 0 spiro atoms. The van der Waals surface area contributed by atoms with Crippen LogP contribution in [0.25, 0.3) is 0 Å². The summed E-state index contributed by atoms with van der Waals surface area (Å²) in [6.07, 6.45) is 9.21. The van der Waals surface area contributed by atoms with Gasteiger partial charge in [0.25, 0.3) is 0 Å². The number of carboxylic acid groups (broad SMARTS) is 1. The molecule has 0 radical (unpaired) electrons. The summed E-state index contributed by atoms with van der Waals surface area (Å²) in [4.78, 5) is 12.5. The molecule has 2 unspecified atom stereocenters. The van der Waals surface area contributed by atoms with Gasteiger partial charge in [0.2, 0.25) is 0 Å². The van der Waals surface area contributed by atoms with Crippen LogP contribution in [0.4, 0.5) is 0 Å². The van der Waals surface area contributed by atoms with Crippen LogP contribution in [0.1, 0.15) is 25.7 Å². The van der Waals surface area contributed by atoms with Crippen LogP contribution in [-0.4, -0.2) is 55.0 Å². The number of hydrogen-bond donors (Lipinski definition) is 1. The highest BCUT2D eigenvalue weighted by Gasteiger charge is 2.32. The summed E-state index contributed by atoms with van der Waals surface area (Å²) >= 11 is 0. The predicted octanol–water partition coefficient (Wildman–Crippen LogP) is 0.362. The van der Waals surface area contributed by atoms with Gasteiger partial charge in [-0.2, -0.15) is 0 Å². The van der Waals surface area contributed by atoms with Gasteiger partial charge in [-0.25, -0.2) is 8.42 Å². The average Bonchev–Trinajstić information content (AvgIpc) is 2.27. The van der Waals surface area contributed by atoms with E-state index in [9.17, 15) is 13.2 Å². The Morgan fingerprint density at radius 1 is 1.50 bits per heavy atom. The Morgan fingerprint density at radius 2 is 2.17 bits per heavy atom. The molecule has 0 amide bonds. The van der Waals surface area contributed by atoms with Gasteiger partial charge in [0.15, 0.2) is 0 Å². The van der Waals surface area contributed by atoms with Gasteiger partial charge in [-0.1, -0.05) is 12.3 Å². The van der Waals surface area contributed by atoms with E-state index in [0.29, 0.717) is 12.8 Å². The molecule has 0 aromatic rings. The Bertz CT molecular complexity index is 437. The van der Waals surface area contributed by atoms with Crippen LogP contribution in [0.2, 0.25) is 0 Å². The number of rotatable bonds is 5. The maximum atomic E-state index is 11.6. The lowest BCUT2D eigenvalue weighted by Crippen LogP contribution is -2.44. The van der Waals surface area contributed by atoms with Gasteiger partial charge in [-0.15, -0.1) is 6.42 Å². The van der Waals surface area contributed by atoms with E-state index in [1.807, 2.05) is 0 Å². The van der Waals surface area contributed by atoms with Crippen LogP contribution in [-0.2, 0) is 14.6 Å². The molecule has 102 valence electrons. The Labute approximate surface area is 108 Å². The van der Waals surface area contributed by atoms with Crippen molar-refractivity contribution in [3.05, 3.63) is 0 Å². The molecule has 1 aliphatic rings. The second-order valence-corrected chi connectivity index (χ2v) is 7.10. The van der Waals surface area contributed by atoms with Crippen molar-refractivity contribution in [2.45, 2.75) is 37.0 Å². The molecule has 0 heterocycles. The average molecular weight is 273 g/mol. The van der Waals surface area contributed by atoms with Crippen molar-refractivity contribution in [1.82, 2.24) is 4.90 Å². The van der Waals surface area contributed by atoms with Crippen LogP contribution in [0.5, 0.6) is 0 Å². The maximum absolute atomic E-state index is 11.6. The van der Waals surface area contributed by atoms with Gasteiger partial charge in [0.1, 0.15) is 9.84 Å². The molecule has 1 fully saturated rings. The monoisotopic (exact) mass is 273 g/mol. The standard InChI is InChI=1S/C12H19NO4S/c1-3-7-13(9-12(14)15)10-5-4-6-11(8-10)18(2,16)17/h1,10-11H,4-9H2,2H3,(H,14,15). The van der Waals surface area contributed by atoms with E-state index in [1.165, 1.54) is 6.26 Å². The highest BCUT2D eigenvalue weighted by Crippen LogP contribution is 2.27. The third kappa shape index (κ3) is 4.31. The first kappa shape index (κ1) is 15.0. The predicted molar refractivity (Wildman–Crippen MR) is 68.9 cm³/mol. The van der Waals surface area contributed by atoms with Gasteiger partial charge in [-0.05, 0) is 19.3 Å². The van der Waals surface area contributed by atoms with Crippen LogP contribution < -0.4 is 0 Å². The van der Waals surface area contributed by atoms with E-state index < -0.39 is 15.8 Å². The molecule has 1 rings (SSSR count). The van der Waals surface area contributed by atoms with Crippen LogP contribution in [0, 0.1) is 12.3 Å². The Hall–Kier alpha value is -1.06.